The lowest BCUT2D eigenvalue weighted by atomic mass is 9.48. The van der Waals surface area contributed by atoms with E-state index in [0.29, 0.717) is 45.9 Å². The number of nitrogens with one attached hydrogen (secondary N) is 1. The minimum Gasteiger partial charge on any atom is -0.391 e. The average molecular weight is 442 g/mol. The number of nitrogens with zero attached hydrogens (tertiary/aromatic N) is 4. The second kappa shape index (κ2) is 8.13. The number of urea groups is 1. The lowest BCUT2D eigenvalue weighted by Gasteiger charge is -2.58. The normalized spacial score (nSPS) is 34.3. The van der Waals surface area contributed by atoms with Gasteiger partial charge in [-0.3, -0.25) is 0 Å². The number of aliphatic hydroxyl groups is 1. The molecule has 7 rings (SSSR count). The van der Waals surface area contributed by atoms with Crippen LogP contribution < -0.4 is 5.32 Å². The molecule has 4 saturated carbocycles. The lowest BCUT2D eigenvalue weighted by molar-refractivity contribution is -0.115. The summed E-state index contributed by atoms with van der Waals surface area (Å²) in [5.41, 5.74) is 2.12. The van der Waals surface area contributed by atoms with E-state index in [1.807, 2.05) is 9.80 Å². The van der Waals surface area contributed by atoms with Gasteiger partial charge in [0, 0.05) is 31.7 Å². The van der Waals surface area contributed by atoms with Crippen LogP contribution in [0.5, 0.6) is 0 Å². The Morgan fingerprint density at radius 1 is 1.09 bits per heavy atom. The highest BCUT2D eigenvalue weighted by Gasteiger charge is 2.53. The molecular weight excluding hydrogens is 406 g/mol. The fraction of sp³-hybridized carbons (Fsp3) is 0.792. The largest absolute Gasteiger partial charge is 0.391 e. The number of morpholine rings is 1. The molecule has 0 spiro atoms. The Hall–Kier alpha value is -1.93. The van der Waals surface area contributed by atoms with Crippen molar-refractivity contribution in [2.75, 3.05) is 44.7 Å². The quantitative estimate of drug-likeness (QED) is 0.745. The summed E-state index contributed by atoms with van der Waals surface area (Å²) >= 11 is 0. The van der Waals surface area contributed by atoms with E-state index >= 15 is 0 Å². The van der Waals surface area contributed by atoms with Gasteiger partial charge in [-0.15, -0.1) is 0 Å². The van der Waals surface area contributed by atoms with Gasteiger partial charge in [-0.2, -0.15) is 0 Å². The van der Waals surface area contributed by atoms with Crippen LogP contribution in [0, 0.1) is 23.2 Å². The summed E-state index contributed by atoms with van der Waals surface area (Å²) in [6, 6.07) is 0.0734. The van der Waals surface area contributed by atoms with Crippen LogP contribution in [0.4, 0.5) is 10.6 Å². The van der Waals surface area contributed by atoms with Crippen molar-refractivity contribution in [1.82, 2.24) is 19.8 Å². The van der Waals surface area contributed by atoms with Gasteiger partial charge in [-0.05, 0) is 68.1 Å². The third kappa shape index (κ3) is 3.65. The van der Waals surface area contributed by atoms with Crippen molar-refractivity contribution in [3.8, 4) is 0 Å². The highest BCUT2D eigenvalue weighted by molar-refractivity contribution is 5.75. The lowest BCUT2D eigenvalue weighted by Crippen LogP contribution is -2.53. The molecule has 4 aliphatic carbocycles. The van der Waals surface area contributed by atoms with E-state index in [9.17, 15) is 9.90 Å². The molecule has 2 amide bonds. The van der Waals surface area contributed by atoms with E-state index in [4.69, 9.17) is 4.74 Å². The van der Waals surface area contributed by atoms with E-state index < -0.39 is 0 Å². The predicted molar refractivity (Wildman–Crippen MR) is 119 cm³/mol. The van der Waals surface area contributed by atoms with E-state index in [1.165, 1.54) is 38.5 Å². The van der Waals surface area contributed by atoms with Crippen molar-refractivity contribution >= 4 is 11.8 Å². The number of carbonyl (C=O) groups is 1. The van der Waals surface area contributed by atoms with Gasteiger partial charge in [-0.1, -0.05) is 0 Å². The number of aliphatic hydroxyl groups excluding tert-OH is 1. The number of aromatic nitrogens is 2. The third-order valence-electron chi connectivity index (χ3n) is 8.81. The molecule has 174 valence electrons. The van der Waals surface area contributed by atoms with Gasteiger partial charge in [0.25, 0.3) is 0 Å². The topological polar surface area (TPSA) is 90.8 Å². The fourth-order valence-electron chi connectivity index (χ4n) is 7.62. The molecule has 5 fully saturated rings. The molecule has 0 aromatic carbocycles. The third-order valence-corrected chi connectivity index (χ3v) is 8.81. The van der Waals surface area contributed by atoms with Gasteiger partial charge in [0.1, 0.15) is 12.1 Å². The first-order chi connectivity index (χ1) is 15.6. The Balaban J connectivity index is 1.11. The first kappa shape index (κ1) is 20.7. The summed E-state index contributed by atoms with van der Waals surface area (Å²) in [7, 11) is 0. The van der Waals surface area contributed by atoms with Crippen molar-refractivity contribution in [2.24, 2.45) is 23.2 Å². The van der Waals surface area contributed by atoms with Crippen LogP contribution in [-0.2, 0) is 17.7 Å². The van der Waals surface area contributed by atoms with Crippen molar-refractivity contribution in [3.05, 3.63) is 17.6 Å². The number of hydrogen-bond donors (Lipinski definition) is 2. The summed E-state index contributed by atoms with van der Waals surface area (Å²) in [5.74, 6) is 3.32. The van der Waals surface area contributed by atoms with Crippen LogP contribution in [0.25, 0.3) is 0 Å². The molecule has 1 aromatic heterocycles. The standard InChI is InChI=1S/C24H35N5O3/c30-21(24-10-16-7-17(11-24)9-18(8-16)12-24)13-25-22-19-1-2-29(14-20(19)26-15-27-22)23(31)28-3-5-32-6-4-28/h15-18,21,30H,1-14H2,(H,25,26,27). The number of ether oxygens (including phenoxy) is 1. The molecule has 3 heterocycles. The van der Waals surface area contributed by atoms with Gasteiger partial charge >= 0.3 is 6.03 Å². The Kier molecular flexibility index (Phi) is 5.25. The van der Waals surface area contributed by atoms with Gasteiger partial charge in [0.05, 0.1) is 31.6 Å². The van der Waals surface area contributed by atoms with E-state index in [2.05, 4.69) is 15.3 Å². The van der Waals surface area contributed by atoms with Crippen molar-refractivity contribution in [3.63, 3.8) is 0 Å². The molecule has 32 heavy (non-hydrogen) atoms. The second-order valence-electron chi connectivity index (χ2n) is 10.9. The number of anilines is 1. The number of rotatable bonds is 4. The first-order valence-electron chi connectivity index (χ1n) is 12.5. The van der Waals surface area contributed by atoms with Crippen LogP contribution in [0.15, 0.2) is 6.33 Å². The fourth-order valence-corrected chi connectivity index (χ4v) is 7.62. The van der Waals surface area contributed by atoms with E-state index in [-0.39, 0.29) is 17.6 Å². The predicted octanol–water partition coefficient (Wildman–Crippen LogP) is 2.28. The maximum atomic E-state index is 12.9. The molecule has 2 aliphatic heterocycles. The Labute approximate surface area is 189 Å². The molecule has 8 nitrogen and oxygen atoms in total. The molecule has 1 aromatic rings. The summed E-state index contributed by atoms with van der Waals surface area (Å²) in [5, 5.41) is 14.7. The molecule has 8 heteroatoms. The van der Waals surface area contributed by atoms with Gasteiger partial charge in [0.2, 0.25) is 0 Å². The minimum absolute atomic E-state index is 0.0734. The summed E-state index contributed by atoms with van der Waals surface area (Å²) in [4.78, 5) is 25.6. The van der Waals surface area contributed by atoms with Crippen molar-refractivity contribution in [1.29, 1.82) is 0 Å². The number of fused-ring (bicyclic) bond motifs is 1. The van der Waals surface area contributed by atoms with Gasteiger partial charge in [-0.25, -0.2) is 14.8 Å². The van der Waals surface area contributed by atoms with Gasteiger partial charge < -0.3 is 25.0 Å². The maximum Gasteiger partial charge on any atom is 0.320 e. The Morgan fingerprint density at radius 2 is 1.78 bits per heavy atom. The SMILES string of the molecule is O=C(N1CCOCC1)N1CCc2c(ncnc2NCC(O)C23CC4CC(CC(C4)C2)C3)C1. The van der Waals surface area contributed by atoms with Crippen LogP contribution in [0.2, 0.25) is 0 Å². The highest BCUT2D eigenvalue weighted by atomic mass is 16.5. The average Bonchev–Trinajstić information content (AvgIpc) is 2.81. The maximum absolute atomic E-state index is 12.9. The van der Waals surface area contributed by atoms with Crippen molar-refractivity contribution < 1.29 is 14.6 Å². The smallest absolute Gasteiger partial charge is 0.320 e. The highest BCUT2D eigenvalue weighted by Crippen LogP contribution is 2.61. The zero-order chi connectivity index (χ0) is 21.7. The van der Waals surface area contributed by atoms with Crippen LogP contribution in [-0.4, -0.2) is 76.4 Å². The Morgan fingerprint density at radius 3 is 2.47 bits per heavy atom. The van der Waals surface area contributed by atoms with E-state index in [1.54, 1.807) is 6.33 Å². The minimum atomic E-state index is -0.329. The Bertz CT molecular complexity index is 836. The van der Waals surface area contributed by atoms with Crippen molar-refractivity contribution in [2.45, 2.75) is 57.6 Å². The summed E-state index contributed by atoms with van der Waals surface area (Å²) < 4.78 is 5.37. The summed E-state index contributed by atoms with van der Waals surface area (Å²) in [6.07, 6.45) is 9.75. The molecular formula is C24H35N5O3. The molecule has 2 N–H and O–H groups in total. The number of hydrogen-bond acceptors (Lipinski definition) is 6. The number of carbonyl (C=O) groups excluding carboxylic acids is 1. The molecule has 4 bridgehead atoms. The molecule has 1 unspecified atom stereocenters. The molecule has 1 saturated heterocycles. The zero-order valence-electron chi connectivity index (χ0n) is 18.8. The first-order valence-corrected chi connectivity index (χ1v) is 12.5. The van der Waals surface area contributed by atoms with E-state index in [0.717, 1.165) is 41.2 Å². The van der Waals surface area contributed by atoms with Crippen LogP contribution >= 0.6 is 0 Å². The van der Waals surface area contributed by atoms with Gasteiger partial charge in [0.15, 0.2) is 0 Å². The summed E-state index contributed by atoms with van der Waals surface area (Å²) in [6.45, 7) is 4.26. The monoisotopic (exact) mass is 441 g/mol. The molecule has 0 radical (unpaired) electrons. The zero-order valence-corrected chi connectivity index (χ0v) is 18.8. The van der Waals surface area contributed by atoms with Crippen LogP contribution in [0.1, 0.15) is 49.8 Å². The molecule has 6 aliphatic rings. The van der Waals surface area contributed by atoms with Crippen LogP contribution in [0.3, 0.4) is 0 Å². The second-order valence-corrected chi connectivity index (χ2v) is 10.9. The molecule has 1 atom stereocenters. The number of amides is 2.